The van der Waals surface area contributed by atoms with Gasteiger partial charge in [0.2, 0.25) is 0 Å². The lowest BCUT2D eigenvalue weighted by Crippen LogP contribution is -2.56. The smallest absolute Gasteiger partial charge is 0.0594 e. The van der Waals surface area contributed by atoms with Crippen molar-refractivity contribution >= 4 is 24.8 Å². The molecule has 0 amide bonds. The van der Waals surface area contributed by atoms with Crippen LogP contribution in [-0.2, 0) is 4.74 Å². The topological polar surface area (TPSA) is 27.7 Å². The first-order chi connectivity index (χ1) is 9.13. The molecule has 0 saturated carbocycles. The van der Waals surface area contributed by atoms with Crippen LogP contribution < -0.4 is 5.32 Å². The second kappa shape index (κ2) is 8.32. The van der Waals surface area contributed by atoms with E-state index in [0.29, 0.717) is 0 Å². The van der Waals surface area contributed by atoms with Crippen LogP contribution in [0.2, 0.25) is 0 Å². The fraction of sp³-hybridized carbons (Fsp3) is 1.00. The largest absolute Gasteiger partial charge is 0.379 e. The zero-order valence-electron chi connectivity index (χ0n) is 13.3. The molecule has 4 aliphatic heterocycles. The molecule has 0 aromatic carbocycles. The van der Waals surface area contributed by atoms with Crippen LogP contribution in [0.15, 0.2) is 0 Å². The van der Waals surface area contributed by atoms with Crippen LogP contribution in [0.3, 0.4) is 0 Å². The number of morpholine rings is 1. The first-order valence-corrected chi connectivity index (χ1v) is 7.92. The van der Waals surface area contributed by atoms with Gasteiger partial charge in [-0.1, -0.05) is 0 Å². The third kappa shape index (κ3) is 4.95. The van der Waals surface area contributed by atoms with E-state index in [1.54, 1.807) is 0 Å². The monoisotopic (exact) mass is 339 g/mol. The number of piperidine rings is 1. The molecule has 6 heteroatoms. The predicted molar refractivity (Wildman–Crippen MR) is 91.9 cm³/mol. The van der Waals surface area contributed by atoms with E-state index < -0.39 is 0 Å². The Balaban J connectivity index is 0.00000110. The van der Waals surface area contributed by atoms with Crippen molar-refractivity contribution in [2.75, 3.05) is 52.5 Å². The third-order valence-electron chi connectivity index (χ3n) is 5.09. The van der Waals surface area contributed by atoms with Crippen LogP contribution in [0.4, 0.5) is 0 Å². The standard InChI is InChI=1S/C15H29N3O.2ClH/c1-15(2,18-5-7-19-8-6-18)12-17-10-13-3-4-14(11-17)16-9-13;;/h13-14,16H,3-12H2,1-2H3;2*1H/t13-,14-;;/m0../s1. The number of nitrogens with zero attached hydrogens (tertiary/aromatic N) is 2. The van der Waals surface area contributed by atoms with Gasteiger partial charge in [0.15, 0.2) is 0 Å². The van der Waals surface area contributed by atoms with Crippen molar-refractivity contribution < 1.29 is 4.74 Å². The minimum Gasteiger partial charge on any atom is -0.379 e. The molecule has 4 heterocycles. The van der Waals surface area contributed by atoms with E-state index in [9.17, 15) is 0 Å². The van der Waals surface area contributed by atoms with Crippen LogP contribution in [0.5, 0.6) is 0 Å². The maximum atomic E-state index is 5.48. The molecule has 4 saturated heterocycles. The minimum atomic E-state index is 0. The summed E-state index contributed by atoms with van der Waals surface area (Å²) >= 11 is 0. The highest BCUT2D eigenvalue weighted by Gasteiger charge is 2.34. The molecule has 0 spiro atoms. The number of fused-ring (bicyclic) bond motifs is 4. The van der Waals surface area contributed by atoms with E-state index in [1.807, 2.05) is 0 Å². The van der Waals surface area contributed by atoms with Gasteiger partial charge in [0.1, 0.15) is 0 Å². The van der Waals surface area contributed by atoms with Crippen molar-refractivity contribution in [2.45, 2.75) is 38.3 Å². The summed E-state index contributed by atoms with van der Waals surface area (Å²) in [6, 6.07) is 0.735. The normalized spacial score (nSPS) is 31.1. The number of ether oxygens (including phenoxy) is 1. The van der Waals surface area contributed by atoms with Crippen LogP contribution >= 0.6 is 24.8 Å². The highest BCUT2D eigenvalue weighted by atomic mass is 35.5. The summed E-state index contributed by atoms with van der Waals surface area (Å²) in [5, 5.41) is 3.70. The fourth-order valence-corrected chi connectivity index (χ4v) is 3.98. The van der Waals surface area contributed by atoms with Gasteiger partial charge >= 0.3 is 0 Å². The second-order valence-corrected chi connectivity index (χ2v) is 7.15. The lowest BCUT2D eigenvalue weighted by molar-refractivity contribution is -0.0220. The third-order valence-corrected chi connectivity index (χ3v) is 5.09. The molecule has 0 aromatic rings. The first-order valence-electron chi connectivity index (χ1n) is 7.92. The number of hydrogen-bond donors (Lipinski definition) is 1. The van der Waals surface area contributed by atoms with Gasteiger partial charge in [-0.2, -0.15) is 0 Å². The van der Waals surface area contributed by atoms with E-state index in [4.69, 9.17) is 4.74 Å². The van der Waals surface area contributed by atoms with Gasteiger partial charge in [0.25, 0.3) is 0 Å². The minimum absolute atomic E-state index is 0. The maximum Gasteiger partial charge on any atom is 0.0594 e. The molecule has 4 rings (SSSR count). The maximum absolute atomic E-state index is 5.48. The number of nitrogens with one attached hydrogen (secondary N) is 1. The summed E-state index contributed by atoms with van der Waals surface area (Å²) in [5.41, 5.74) is 0.271. The average molecular weight is 340 g/mol. The lowest BCUT2D eigenvalue weighted by atomic mass is 9.97. The molecule has 2 bridgehead atoms. The van der Waals surface area contributed by atoms with Gasteiger partial charge < -0.3 is 10.1 Å². The zero-order chi connectivity index (χ0) is 13.3. The molecular formula is C15H31Cl2N3O. The van der Waals surface area contributed by atoms with Crippen molar-refractivity contribution in [1.29, 1.82) is 0 Å². The predicted octanol–water partition coefficient (Wildman–Crippen LogP) is 1.62. The Bertz CT molecular complexity index is 289. The van der Waals surface area contributed by atoms with Crippen molar-refractivity contribution in [2.24, 2.45) is 5.92 Å². The molecule has 0 radical (unpaired) electrons. The Labute approximate surface area is 141 Å². The summed E-state index contributed by atoms with van der Waals surface area (Å²) in [6.45, 7) is 13.7. The van der Waals surface area contributed by atoms with E-state index in [-0.39, 0.29) is 30.4 Å². The van der Waals surface area contributed by atoms with Gasteiger partial charge in [-0.15, -0.1) is 24.8 Å². The average Bonchev–Trinajstić information content (AvgIpc) is 2.71. The summed E-state index contributed by atoms with van der Waals surface area (Å²) in [5.74, 6) is 0.874. The molecule has 2 atom stereocenters. The molecule has 4 fully saturated rings. The van der Waals surface area contributed by atoms with Crippen LogP contribution in [0, 0.1) is 5.92 Å². The summed E-state index contributed by atoms with van der Waals surface area (Å²) in [4.78, 5) is 5.31. The number of hydrogen-bond acceptors (Lipinski definition) is 4. The Morgan fingerprint density at radius 3 is 2.43 bits per heavy atom. The van der Waals surface area contributed by atoms with Crippen molar-refractivity contribution in [3.05, 3.63) is 0 Å². The first kappa shape index (κ1) is 19.5. The van der Waals surface area contributed by atoms with Crippen LogP contribution in [0.1, 0.15) is 26.7 Å². The zero-order valence-corrected chi connectivity index (χ0v) is 15.0. The Kier molecular flexibility index (Phi) is 7.71. The van der Waals surface area contributed by atoms with Crippen molar-refractivity contribution in [3.63, 3.8) is 0 Å². The lowest BCUT2D eigenvalue weighted by Gasteiger charge is -2.43. The molecule has 0 aromatic heterocycles. The summed E-state index contributed by atoms with van der Waals surface area (Å²) < 4.78 is 5.48. The fourth-order valence-electron chi connectivity index (χ4n) is 3.98. The number of halogens is 2. The van der Waals surface area contributed by atoms with Crippen LogP contribution in [-0.4, -0.2) is 73.9 Å². The van der Waals surface area contributed by atoms with E-state index in [0.717, 1.165) is 38.3 Å². The number of rotatable bonds is 3. The molecule has 1 N–H and O–H groups in total. The molecule has 21 heavy (non-hydrogen) atoms. The quantitative estimate of drug-likeness (QED) is 0.845. The van der Waals surface area contributed by atoms with Crippen molar-refractivity contribution in [1.82, 2.24) is 15.1 Å². The summed E-state index contributed by atoms with van der Waals surface area (Å²) in [7, 11) is 0. The Hall–Kier alpha value is 0.420. The highest BCUT2D eigenvalue weighted by molar-refractivity contribution is 5.85. The Morgan fingerprint density at radius 2 is 1.81 bits per heavy atom. The van der Waals surface area contributed by atoms with E-state index in [2.05, 4.69) is 29.0 Å². The molecule has 0 aliphatic carbocycles. The second-order valence-electron chi connectivity index (χ2n) is 7.15. The SMILES string of the molecule is CC(C)(CN1C[C@H]2CC[C@@H](C1)NC2)N1CCOCC1.Cl.Cl. The van der Waals surface area contributed by atoms with Gasteiger partial charge in [0, 0.05) is 44.3 Å². The highest BCUT2D eigenvalue weighted by Crippen LogP contribution is 2.24. The summed E-state index contributed by atoms with van der Waals surface area (Å²) in [6.07, 6.45) is 2.80. The van der Waals surface area contributed by atoms with Crippen LogP contribution in [0.25, 0.3) is 0 Å². The van der Waals surface area contributed by atoms with Gasteiger partial charge in [-0.25, -0.2) is 0 Å². The Morgan fingerprint density at radius 1 is 1.10 bits per heavy atom. The molecule has 126 valence electrons. The van der Waals surface area contributed by atoms with Gasteiger partial charge in [0.05, 0.1) is 13.2 Å². The van der Waals surface area contributed by atoms with Crippen molar-refractivity contribution in [3.8, 4) is 0 Å². The molecule has 0 unspecified atom stereocenters. The van der Waals surface area contributed by atoms with Gasteiger partial charge in [-0.3, -0.25) is 9.80 Å². The molecule has 4 nitrogen and oxygen atoms in total. The van der Waals surface area contributed by atoms with E-state index in [1.165, 1.54) is 39.0 Å². The molecule has 4 aliphatic rings. The molecular weight excluding hydrogens is 309 g/mol. The van der Waals surface area contributed by atoms with E-state index >= 15 is 0 Å². The van der Waals surface area contributed by atoms with Gasteiger partial charge in [-0.05, 0) is 39.2 Å².